The van der Waals surface area contributed by atoms with Crippen molar-refractivity contribution in [3.05, 3.63) is 35.9 Å². The lowest BCUT2D eigenvalue weighted by atomic mass is 9.76. The number of rotatable bonds is 4. The molecule has 0 radical (unpaired) electrons. The van der Waals surface area contributed by atoms with E-state index in [1.807, 2.05) is 51.1 Å². The molecule has 0 unspecified atom stereocenters. The first-order valence-electron chi connectivity index (χ1n) is 8.32. The highest BCUT2D eigenvalue weighted by Crippen LogP contribution is 2.41. The minimum atomic E-state index is -1.87. The first kappa shape index (κ1) is 19.9. The third-order valence-corrected chi connectivity index (χ3v) is 4.51. The summed E-state index contributed by atoms with van der Waals surface area (Å²) >= 11 is 0. The molecule has 7 nitrogen and oxygen atoms in total. The smallest absolute Gasteiger partial charge is 0.367 e. The van der Waals surface area contributed by atoms with Gasteiger partial charge in [-0.25, -0.2) is 14.6 Å². The number of benzene rings is 1. The van der Waals surface area contributed by atoms with Gasteiger partial charge in [-0.1, -0.05) is 51.1 Å². The standard InChI is InChI=1S/C19H25NO6/c1-13(21)25-26-19(12-14-10-8-7-9-11-14)16(22)24-18(5,17(2,3)4)15(20-19)23-6/h7-11H,12H2,1-6H3/t18-,19-/m1/s1. The molecule has 0 saturated heterocycles. The van der Waals surface area contributed by atoms with Crippen LogP contribution in [0.5, 0.6) is 0 Å². The van der Waals surface area contributed by atoms with Crippen LogP contribution >= 0.6 is 0 Å². The summed E-state index contributed by atoms with van der Waals surface area (Å²) in [5.41, 5.74) is -2.70. The van der Waals surface area contributed by atoms with Crippen molar-refractivity contribution in [2.24, 2.45) is 10.4 Å². The van der Waals surface area contributed by atoms with Crippen LogP contribution in [0, 0.1) is 5.41 Å². The number of carbonyl (C=O) groups is 2. The lowest BCUT2D eigenvalue weighted by molar-refractivity contribution is -0.330. The van der Waals surface area contributed by atoms with Crippen LogP contribution in [-0.4, -0.2) is 36.3 Å². The molecule has 1 aromatic rings. The highest BCUT2D eigenvalue weighted by molar-refractivity contribution is 5.96. The van der Waals surface area contributed by atoms with E-state index in [4.69, 9.17) is 14.4 Å². The number of cyclic esters (lactones) is 1. The van der Waals surface area contributed by atoms with E-state index < -0.39 is 28.7 Å². The Morgan fingerprint density at radius 2 is 1.85 bits per heavy atom. The summed E-state index contributed by atoms with van der Waals surface area (Å²) in [5, 5.41) is 0. The number of hydrogen-bond donors (Lipinski definition) is 0. The summed E-state index contributed by atoms with van der Waals surface area (Å²) in [6.07, 6.45) is 0.0209. The molecule has 1 aliphatic rings. The Kier molecular flexibility index (Phi) is 5.41. The summed E-state index contributed by atoms with van der Waals surface area (Å²) in [5.74, 6) is -1.27. The third-order valence-electron chi connectivity index (χ3n) is 4.51. The fourth-order valence-corrected chi connectivity index (χ4v) is 2.53. The van der Waals surface area contributed by atoms with E-state index >= 15 is 0 Å². The predicted octanol–water partition coefficient (Wildman–Crippen LogP) is 2.83. The molecule has 26 heavy (non-hydrogen) atoms. The fourth-order valence-electron chi connectivity index (χ4n) is 2.53. The summed E-state index contributed by atoms with van der Waals surface area (Å²) in [4.78, 5) is 38.5. The van der Waals surface area contributed by atoms with Gasteiger partial charge in [-0.05, 0) is 12.5 Å². The first-order valence-corrected chi connectivity index (χ1v) is 8.32. The number of esters is 1. The van der Waals surface area contributed by atoms with Crippen LogP contribution in [0.15, 0.2) is 35.3 Å². The van der Waals surface area contributed by atoms with Gasteiger partial charge in [0, 0.05) is 18.8 Å². The molecular formula is C19H25NO6. The lowest BCUT2D eigenvalue weighted by Gasteiger charge is -2.45. The quantitative estimate of drug-likeness (QED) is 0.465. The maximum Gasteiger partial charge on any atom is 0.367 e. The average Bonchev–Trinajstić information content (AvgIpc) is 2.56. The van der Waals surface area contributed by atoms with E-state index in [0.717, 1.165) is 5.56 Å². The van der Waals surface area contributed by atoms with Gasteiger partial charge < -0.3 is 9.47 Å². The van der Waals surface area contributed by atoms with Gasteiger partial charge in [-0.15, -0.1) is 4.89 Å². The molecule has 0 N–H and O–H groups in total. The largest absolute Gasteiger partial charge is 0.481 e. The van der Waals surface area contributed by atoms with Gasteiger partial charge in [0.1, 0.15) is 0 Å². The van der Waals surface area contributed by atoms with Crippen molar-refractivity contribution in [3.63, 3.8) is 0 Å². The Balaban J connectivity index is 2.54. The van der Waals surface area contributed by atoms with Crippen molar-refractivity contribution in [1.29, 1.82) is 0 Å². The number of ether oxygens (including phenoxy) is 2. The van der Waals surface area contributed by atoms with Crippen molar-refractivity contribution in [1.82, 2.24) is 0 Å². The number of aliphatic imine (C=N–C) groups is 1. The van der Waals surface area contributed by atoms with Gasteiger partial charge in [0.15, 0.2) is 5.60 Å². The van der Waals surface area contributed by atoms with E-state index in [2.05, 4.69) is 9.88 Å². The Bertz CT molecular complexity index is 708. The van der Waals surface area contributed by atoms with Crippen LogP contribution < -0.4 is 0 Å². The van der Waals surface area contributed by atoms with Crippen molar-refractivity contribution in [2.45, 2.75) is 52.4 Å². The van der Waals surface area contributed by atoms with Gasteiger partial charge in [0.05, 0.1) is 7.11 Å². The third kappa shape index (κ3) is 3.72. The molecule has 0 fully saturated rings. The van der Waals surface area contributed by atoms with Crippen LogP contribution in [0.25, 0.3) is 0 Å². The van der Waals surface area contributed by atoms with E-state index in [1.165, 1.54) is 14.0 Å². The Morgan fingerprint density at radius 3 is 2.35 bits per heavy atom. The second-order valence-electron chi connectivity index (χ2n) is 7.40. The van der Waals surface area contributed by atoms with E-state index in [-0.39, 0.29) is 12.3 Å². The van der Waals surface area contributed by atoms with Crippen molar-refractivity contribution in [2.75, 3.05) is 7.11 Å². The average molecular weight is 363 g/mol. The van der Waals surface area contributed by atoms with Crippen LogP contribution in [-0.2, 0) is 35.3 Å². The van der Waals surface area contributed by atoms with E-state index in [0.29, 0.717) is 0 Å². The van der Waals surface area contributed by atoms with Crippen molar-refractivity contribution < 1.29 is 28.8 Å². The molecule has 0 spiro atoms. The minimum Gasteiger partial charge on any atom is -0.481 e. The number of carbonyl (C=O) groups excluding carboxylic acids is 2. The summed E-state index contributed by atoms with van der Waals surface area (Å²) < 4.78 is 11.2. The lowest BCUT2D eigenvalue weighted by Crippen LogP contribution is -2.61. The Morgan fingerprint density at radius 1 is 1.23 bits per heavy atom. The Hall–Kier alpha value is -2.41. The van der Waals surface area contributed by atoms with Crippen LogP contribution in [0.2, 0.25) is 0 Å². The molecule has 0 aliphatic carbocycles. The van der Waals surface area contributed by atoms with Gasteiger partial charge >= 0.3 is 17.7 Å². The van der Waals surface area contributed by atoms with Gasteiger partial charge in [0.25, 0.3) is 0 Å². The summed E-state index contributed by atoms with van der Waals surface area (Å²) in [6, 6.07) is 9.12. The highest BCUT2D eigenvalue weighted by atomic mass is 17.2. The molecule has 2 rings (SSSR count). The second-order valence-corrected chi connectivity index (χ2v) is 7.40. The Labute approximate surface area is 153 Å². The molecule has 1 aromatic carbocycles. The van der Waals surface area contributed by atoms with Crippen LogP contribution in [0.1, 0.15) is 40.2 Å². The topological polar surface area (TPSA) is 83.4 Å². The van der Waals surface area contributed by atoms with Crippen LogP contribution in [0.4, 0.5) is 0 Å². The molecule has 7 heteroatoms. The van der Waals surface area contributed by atoms with Gasteiger partial charge in [0.2, 0.25) is 5.90 Å². The zero-order valence-electron chi connectivity index (χ0n) is 16.0. The normalized spacial score (nSPS) is 25.9. The highest BCUT2D eigenvalue weighted by Gasteiger charge is 2.58. The predicted molar refractivity (Wildman–Crippen MR) is 94.1 cm³/mol. The van der Waals surface area contributed by atoms with Gasteiger partial charge in [-0.3, -0.25) is 4.89 Å². The zero-order valence-corrected chi connectivity index (χ0v) is 16.0. The SMILES string of the molecule is COC1=N[C@](Cc2ccccc2)(OOC(C)=O)C(=O)O[C@@]1(C)C(C)(C)C. The number of nitrogens with zero attached hydrogens (tertiary/aromatic N) is 1. The summed E-state index contributed by atoms with van der Waals surface area (Å²) in [7, 11) is 1.45. The van der Waals surface area contributed by atoms with Crippen molar-refractivity contribution in [3.8, 4) is 0 Å². The molecule has 0 bridgehead atoms. The second kappa shape index (κ2) is 7.07. The maximum atomic E-state index is 13.0. The zero-order chi connectivity index (χ0) is 19.6. The van der Waals surface area contributed by atoms with E-state index in [1.54, 1.807) is 6.92 Å². The molecule has 1 heterocycles. The monoisotopic (exact) mass is 363 g/mol. The molecule has 2 atom stereocenters. The fraction of sp³-hybridized carbons (Fsp3) is 0.526. The molecule has 142 valence electrons. The molecule has 0 amide bonds. The van der Waals surface area contributed by atoms with E-state index in [9.17, 15) is 9.59 Å². The summed E-state index contributed by atoms with van der Waals surface area (Å²) in [6.45, 7) is 8.62. The number of hydrogen-bond acceptors (Lipinski definition) is 7. The molecule has 1 aliphatic heterocycles. The maximum absolute atomic E-state index is 13.0. The molecular weight excluding hydrogens is 338 g/mol. The first-order chi connectivity index (χ1) is 12.0. The van der Waals surface area contributed by atoms with Gasteiger partial charge in [-0.2, -0.15) is 0 Å². The molecule has 0 saturated carbocycles. The molecule has 0 aromatic heterocycles. The van der Waals surface area contributed by atoms with Crippen molar-refractivity contribution >= 4 is 17.8 Å². The van der Waals surface area contributed by atoms with Crippen LogP contribution in [0.3, 0.4) is 0 Å². The number of methoxy groups -OCH3 is 1. The minimum absolute atomic E-state index is 0.0209.